The van der Waals surface area contributed by atoms with Crippen LogP contribution >= 0.6 is 0 Å². The Morgan fingerprint density at radius 1 is 1.07 bits per heavy atom. The summed E-state index contributed by atoms with van der Waals surface area (Å²) in [6.07, 6.45) is -1.43. The fourth-order valence-corrected chi connectivity index (χ4v) is 4.77. The van der Waals surface area contributed by atoms with Gasteiger partial charge in [-0.05, 0) is 63.1 Å². The summed E-state index contributed by atoms with van der Waals surface area (Å²) < 4.78 is 36.3. The molecule has 41 heavy (non-hydrogen) atoms. The summed E-state index contributed by atoms with van der Waals surface area (Å²) in [4.78, 5) is 26.6. The number of amides is 1. The highest BCUT2D eigenvalue weighted by Crippen LogP contribution is 2.45. The molecule has 2 N–H and O–H groups in total. The van der Waals surface area contributed by atoms with E-state index in [-0.39, 0.29) is 25.7 Å². The number of nitrogens with one attached hydrogen (secondary N) is 1. The molecule has 1 amide bonds. The minimum atomic E-state index is -1.43. The molecule has 9 nitrogen and oxygen atoms in total. The average molecular weight is 567 g/mol. The molecule has 0 fully saturated rings. The Hall–Kier alpha value is -4.31. The lowest BCUT2D eigenvalue weighted by Crippen LogP contribution is -2.52. The number of nitrogens with zero attached hydrogens (tertiary/aromatic N) is 1. The van der Waals surface area contributed by atoms with Crippen molar-refractivity contribution in [2.24, 2.45) is 0 Å². The topological polar surface area (TPSA) is 107 Å². The lowest BCUT2D eigenvalue weighted by molar-refractivity contribution is -0.154. The molecule has 0 aromatic heterocycles. The van der Waals surface area contributed by atoms with Crippen molar-refractivity contribution in [3.05, 3.63) is 65.5 Å². The summed E-state index contributed by atoms with van der Waals surface area (Å²) in [5.74, 6) is -0.0883. The molecular weight excluding hydrogens is 531 g/mol. The number of carbonyl (C=O) groups excluding carboxylic acids is 2. The number of ether oxygens (including phenoxy) is 4. The van der Waals surface area contributed by atoms with Gasteiger partial charge >= 0.3 is 5.97 Å². The SMILES string of the molecule is CCOC(=O)C(O)COc1ccc(-c2ccc3c(c2COc2cc(F)ccc2C)N(C)C(=O)C(C)(C)N3)c(OC)c1. The molecule has 0 spiro atoms. The van der Waals surface area contributed by atoms with Crippen LogP contribution in [0.15, 0.2) is 48.5 Å². The van der Waals surface area contributed by atoms with Gasteiger partial charge in [0.15, 0.2) is 6.10 Å². The van der Waals surface area contributed by atoms with Crippen molar-refractivity contribution >= 4 is 23.3 Å². The third-order valence-corrected chi connectivity index (χ3v) is 6.86. The van der Waals surface area contributed by atoms with E-state index in [1.807, 2.05) is 32.9 Å². The van der Waals surface area contributed by atoms with E-state index in [0.29, 0.717) is 34.1 Å². The van der Waals surface area contributed by atoms with Crippen LogP contribution in [0.4, 0.5) is 15.8 Å². The Morgan fingerprint density at radius 3 is 2.51 bits per heavy atom. The molecule has 1 aliphatic rings. The lowest BCUT2D eigenvalue weighted by Gasteiger charge is -2.39. The Kier molecular flexibility index (Phi) is 8.72. The Bertz CT molecular complexity index is 1460. The number of aryl methyl sites for hydroxylation is 1. The third kappa shape index (κ3) is 6.22. The van der Waals surface area contributed by atoms with Crippen LogP contribution in [-0.2, 0) is 20.9 Å². The highest BCUT2D eigenvalue weighted by molar-refractivity contribution is 6.08. The predicted octanol–water partition coefficient (Wildman–Crippen LogP) is 4.86. The van der Waals surface area contributed by atoms with Crippen molar-refractivity contribution in [3.63, 3.8) is 0 Å². The maximum atomic E-state index is 14.0. The normalized spacial score (nSPS) is 14.5. The summed E-state index contributed by atoms with van der Waals surface area (Å²) in [5, 5.41) is 13.3. The maximum Gasteiger partial charge on any atom is 0.338 e. The largest absolute Gasteiger partial charge is 0.496 e. The average Bonchev–Trinajstić information content (AvgIpc) is 2.94. The number of aliphatic hydroxyl groups excluding tert-OH is 1. The van der Waals surface area contributed by atoms with Crippen molar-refractivity contribution in [1.29, 1.82) is 0 Å². The zero-order chi connectivity index (χ0) is 29.9. The van der Waals surface area contributed by atoms with Crippen molar-refractivity contribution < 1.29 is 38.0 Å². The van der Waals surface area contributed by atoms with Crippen LogP contribution in [0.1, 0.15) is 31.9 Å². The van der Waals surface area contributed by atoms with Crippen molar-refractivity contribution in [1.82, 2.24) is 0 Å². The summed E-state index contributed by atoms with van der Waals surface area (Å²) in [5.41, 5.74) is 3.46. The second-order valence-corrected chi connectivity index (χ2v) is 10.2. The van der Waals surface area contributed by atoms with Gasteiger partial charge in [-0.3, -0.25) is 4.79 Å². The van der Waals surface area contributed by atoms with E-state index in [4.69, 9.17) is 18.9 Å². The van der Waals surface area contributed by atoms with Crippen molar-refractivity contribution in [3.8, 4) is 28.4 Å². The molecule has 1 atom stereocenters. The van der Waals surface area contributed by atoms with Gasteiger partial charge in [0.1, 0.15) is 41.8 Å². The van der Waals surface area contributed by atoms with E-state index in [0.717, 1.165) is 16.8 Å². The molecule has 1 heterocycles. The number of benzene rings is 3. The third-order valence-electron chi connectivity index (χ3n) is 6.86. The van der Waals surface area contributed by atoms with Crippen LogP contribution in [0, 0.1) is 12.7 Å². The van der Waals surface area contributed by atoms with Gasteiger partial charge in [-0.25, -0.2) is 9.18 Å². The van der Waals surface area contributed by atoms with E-state index in [1.165, 1.54) is 19.2 Å². The molecule has 1 aliphatic heterocycles. The second kappa shape index (κ2) is 12.1. The van der Waals surface area contributed by atoms with Crippen LogP contribution < -0.4 is 24.4 Å². The molecule has 4 rings (SSSR count). The quantitative estimate of drug-likeness (QED) is 0.335. The van der Waals surface area contributed by atoms with Crippen LogP contribution in [-0.4, -0.2) is 56.0 Å². The molecule has 218 valence electrons. The molecule has 3 aromatic rings. The van der Waals surface area contributed by atoms with Gasteiger partial charge in [0, 0.05) is 30.3 Å². The number of halogens is 1. The first-order valence-corrected chi connectivity index (χ1v) is 13.2. The van der Waals surface area contributed by atoms with Gasteiger partial charge in [-0.2, -0.15) is 0 Å². The number of hydrogen-bond acceptors (Lipinski definition) is 8. The standard InChI is InChI=1S/C31H35FN2O7/c1-7-39-29(36)25(35)17-40-20-10-11-22(27(15-20)38-6)21-12-13-24-28(34(5)30(37)31(3,4)33-24)23(21)16-41-26-14-19(32)9-8-18(26)2/h8-15,25,33,35H,7,16-17H2,1-6H3. The van der Waals surface area contributed by atoms with Crippen LogP contribution in [0.2, 0.25) is 0 Å². The van der Waals surface area contributed by atoms with Crippen LogP contribution in [0.3, 0.4) is 0 Å². The number of hydrogen-bond donors (Lipinski definition) is 2. The number of anilines is 2. The molecule has 0 radical (unpaired) electrons. The number of carbonyl (C=O) groups is 2. The van der Waals surface area contributed by atoms with E-state index in [1.54, 1.807) is 43.1 Å². The zero-order valence-corrected chi connectivity index (χ0v) is 24.0. The van der Waals surface area contributed by atoms with E-state index < -0.39 is 23.4 Å². The lowest BCUT2D eigenvalue weighted by atomic mass is 9.91. The van der Waals surface area contributed by atoms with Gasteiger partial charge in [0.25, 0.3) is 5.91 Å². The Morgan fingerprint density at radius 2 is 1.80 bits per heavy atom. The second-order valence-electron chi connectivity index (χ2n) is 10.2. The van der Waals surface area contributed by atoms with E-state index >= 15 is 0 Å². The minimum Gasteiger partial charge on any atom is -0.496 e. The Labute approximate surface area is 238 Å². The molecule has 3 aromatic carbocycles. The fraction of sp³-hybridized carbons (Fsp3) is 0.355. The van der Waals surface area contributed by atoms with E-state index in [9.17, 15) is 19.1 Å². The highest BCUT2D eigenvalue weighted by Gasteiger charge is 2.38. The number of fused-ring (bicyclic) bond motifs is 1. The summed E-state index contributed by atoms with van der Waals surface area (Å²) >= 11 is 0. The predicted molar refractivity (Wildman–Crippen MR) is 153 cm³/mol. The smallest absolute Gasteiger partial charge is 0.338 e. The Balaban J connectivity index is 1.75. The zero-order valence-electron chi connectivity index (χ0n) is 24.0. The fourth-order valence-electron chi connectivity index (χ4n) is 4.77. The molecule has 10 heteroatoms. The first-order chi connectivity index (χ1) is 19.5. The van der Waals surface area contributed by atoms with Crippen LogP contribution in [0.5, 0.6) is 17.2 Å². The number of methoxy groups -OCH3 is 1. The van der Waals surface area contributed by atoms with Gasteiger partial charge in [0.05, 0.1) is 25.1 Å². The summed E-state index contributed by atoms with van der Waals surface area (Å²) in [6, 6.07) is 13.3. The van der Waals surface area contributed by atoms with Crippen molar-refractivity contribution in [2.45, 2.75) is 45.9 Å². The molecule has 0 saturated carbocycles. The van der Waals surface area contributed by atoms with Gasteiger partial charge in [-0.15, -0.1) is 0 Å². The monoisotopic (exact) mass is 566 g/mol. The molecule has 0 aliphatic carbocycles. The number of aliphatic hydroxyl groups is 1. The maximum absolute atomic E-state index is 14.0. The van der Waals surface area contributed by atoms with Gasteiger partial charge in [-0.1, -0.05) is 12.1 Å². The number of rotatable bonds is 10. The first-order valence-electron chi connectivity index (χ1n) is 13.2. The molecular formula is C31H35FN2O7. The number of likely N-dealkylation sites (N-methyl/N-ethyl adjacent to an activating group) is 1. The molecule has 1 unspecified atom stereocenters. The van der Waals surface area contributed by atoms with Crippen molar-refractivity contribution in [2.75, 3.05) is 37.6 Å². The minimum absolute atomic E-state index is 0.0374. The number of esters is 1. The molecule has 0 saturated heterocycles. The van der Waals surface area contributed by atoms with Gasteiger partial charge in [0.2, 0.25) is 0 Å². The first kappa shape index (κ1) is 29.7. The van der Waals surface area contributed by atoms with Crippen LogP contribution in [0.25, 0.3) is 11.1 Å². The summed E-state index contributed by atoms with van der Waals surface area (Å²) in [7, 11) is 3.23. The van der Waals surface area contributed by atoms with Gasteiger partial charge < -0.3 is 34.3 Å². The summed E-state index contributed by atoms with van der Waals surface area (Å²) in [6.45, 7) is 7.01. The molecule has 0 bridgehead atoms. The highest BCUT2D eigenvalue weighted by atomic mass is 19.1. The van der Waals surface area contributed by atoms with E-state index in [2.05, 4.69) is 5.32 Å².